The molecule has 0 radical (unpaired) electrons. The summed E-state index contributed by atoms with van der Waals surface area (Å²) in [5, 5.41) is 16.5. The van der Waals surface area contributed by atoms with Gasteiger partial charge in [0, 0.05) is 36.8 Å². The average Bonchev–Trinajstić information content (AvgIpc) is 2.38. The summed E-state index contributed by atoms with van der Waals surface area (Å²) in [7, 11) is 0. The summed E-state index contributed by atoms with van der Waals surface area (Å²) in [6, 6.07) is 6.40. The van der Waals surface area contributed by atoms with Crippen molar-refractivity contribution >= 4 is 17.3 Å². The highest BCUT2D eigenvalue weighted by molar-refractivity contribution is 5.76. The van der Waals surface area contributed by atoms with Crippen LogP contribution in [-0.4, -0.2) is 23.4 Å². The zero-order chi connectivity index (χ0) is 14.3. The van der Waals surface area contributed by atoms with E-state index >= 15 is 0 Å². The van der Waals surface area contributed by atoms with Gasteiger partial charge >= 0.3 is 0 Å². The summed E-state index contributed by atoms with van der Waals surface area (Å²) in [6.07, 6.45) is 1.23. The largest absolute Gasteiger partial charge is 0.384 e. The number of nitro benzene ring substituents is 1. The summed E-state index contributed by atoms with van der Waals surface area (Å²) in [6.45, 7) is 4.40. The quantitative estimate of drug-likeness (QED) is 0.585. The number of nitrogens with zero attached hydrogens (tertiary/aromatic N) is 1. The monoisotopic (exact) mass is 265 g/mol. The zero-order valence-electron chi connectivity index (χ0n) is 11.2. The lowest BCUT2D eigenvalue weighted by Crippen LogP contribution is -2.32. The van der Waals surface area contributed by atoms with E-state index in [9.17, 15) is 14.9 Å². The second-order valence-corrected chi connectivity index (χ2v) is 4.36. The lowest BCUT2D eigenvalue weighted by molar-refractivity contribution is -0.384. The number of carbonyl (C=O) groups excluding carboxylic acids is 1. The minimum absolute atomic E-state index is 0.0210. The van der Waals surface area contributed by atoms with Crippen molar-refractivity contribution in [2.24, 2.45) is 0 Å². The van der Waals surface area contributed by atoms with Gasteiger partial charge in [-0.05, 0) is 19.4 Å². The van der Waals surface area contributed by atoms with E-state index in [2.05, 4.69) is 10.6 Å². The fourth-order valence-electron chi connectivity index (χ4n) is 1.50. The van der Waals surface area contributed by atoms with Crippen LogP contribution in [0.25, 0.3) is 0 Å². The predicted octanol–water partition coefficient (Wildman–Crippen LogP) is 2.31. The number of nitro groups is 1. The van der Waals surface area contributed by atoms with Crippen LogP contribution in [0.5, 0.6) is 0 Å². The molecule has 0 saturated heterocycles. The van der Waals surface area contributed by atoms with E-state index < -0.39 is 4.92 Å². The van der Waals surface area contributed by atoms with Crippen molar-refractivity contribution in [3.8, 4) is 0 Å². The van der Waals surface area contributed by atoms with Crippen LogP contribution in [0.1, 0.15) is 26.7 Å². The van der Waals surface area contributed by atoms with Gasteiger partial charge in [-0.2, -0.15) is 0 Å². The smallest absolute Gasteiger partial charge is 0.271 e. The van der Waals surface area contributed by atoms with Crippen LogP contribution >= 0.6 is 0 Å². The van der Waals surface area contributed by atoms with Gasteiger partial charge in [0.2, 0.25) is 5.91 Å². The van der Waals surface area contributed by atoms with Crippen LogP contribution in [0, 0.1) is 10.1 Å². The molecule has 2 N–H and O–H groups in total. The summed E-state index contributed by atoms with van der Waals surface area (Å²) in [5.74, 6) is -0.0210. The van der Waals surface area contributed by atoms with Crippen LogP contribution in [-0.2, 0) is 4.79 Å². The molecule has 0 aliphatic carbocycles. The number of anilines is 1. The average molecular weight is 265 g/mol. The van der Waals surface area contributed by atoms with E-state index in [0.29, 0.717) is 18.7 Å². The minimum Gasteiger partial charge on any atom is -0.384 e. The lowest BCUT2D eigenvalue weighted by Gasteiger charge is -2.11. The summed E-state index contributed by atoms with van der Waals surface area (Å²) < 4.78 is 0. The van der Waals surface area contributed by atoms with Crippen molar-refractivity contribution in [1.82, 2.24) is 5.32 Å². The van der Waals surface area contributed by atoms with Crippen molar-refractivity contribution < 1.29 is 9.72 Å². The molecule has 1 amide bonds. The van der Waals surface area contributed by atoms with Gasteiger partial charge in [0.1, 0.15) is 0 Å². The molecular weight excluding hydrogens is 246 g/mol. The van der Waals surface area contributed by atoms with Crippen molar-refractivity contribution in [2.45, 2.75) is 32.7 Å². The first-order valence-corrected chi connectivity index (χ1v) is 6.30. The molecule has 6 heteroatoms. The SMILES string of the molecule is CCC(C)NC(=O)CCNc1cccc([N+](=O)[O-])c1. The Morgan fingerprint density at radius 1 is 1.47 bits per heavy atom. The standard InChI is InChI=1S/C13H19N3O3/c1-3-10(2)15-13(17)7-8-14-11-5-4-6-12(9-11)16(18)19/h4-6,9-10,14H,3,7-8H2,1-2H3,(H,15,17). The summed E-state index contributed by atoms with van der Waals surface area (Å²) >= 11 is 0. The maximum absolute atomic E-state index is 11.5. The van der Waals surface area contributed by atoms with Gasteiger partial charge in [-0.1, -0.05) is 13.0 Å². The van der Waals surface area contributed by atoms with Gasteiger partial charge in [0.25, 0.3) is 5.69 Å². The Bertz CT molecular complexity index is 449. The molecule has 0 aliphatic rings. The maximum atomic E-state index is 11.5. The van der Waals surface area contributed by atoms with E-state index in [1.54, 1.807) is 12.1 Å². The predicted molar refractivity (Wildman–Crippen MR) is 74.1 cm³/mol. The lowest BCUT2D eigenvalue weighted by atomic mass is 10.2. The van der Waals surface area contributed by atoms with E-state index in [0.717, 1.165) is 6.42 Å². The van der Waals surface area contributed by atoms with Crippen molar-refractivity contribution in [2.75, 3.05) is 11.9 Å². The number of nitrogens with one attached hydrogen (secondary N) is 2. The van der Waals surface area contributed by atoms with Gasteiger partial charge in [-0.25, -0.2) is 0 Å². The van der Waals surface area contributed by atoms with Crippen LogP contribution in [0.4, 0.5) is 11.4 Å². The third kappa shape index (κ3) is 5.37. The molecule has 1 aromatic carbocycles. The fraction of sp³-hybridized carbons (Fsp3) is 0.462. The molecule has 0 heterocycles. The number of carbonyl (C=O) groups is 1. The third-order valence-corrected chi connectivity index (χ3v) is 2.76. The van der Waals surface area contributed by atoms with Crippen LogP contribution in [0.3, 0.4) is 0 Å². The molecule has 0 aromatic heterocycles. The molecule has 1 aromatic rings. The Morgan fingerprint density at radius 3 is 2.84 bits per heavy atom. The molecule has 0 saturated carbocycles. The molecule has 0 fully saturated rings. The number of rotatable bonds is 7. The van der Waals surface area contributed by atoms with E-state index in [1.165, 1.54) is 12.1 Å². The molecule has 1 atom stereocenters. The van der Waals surface area contributed by atoms with Crippen LogP contribution < -0.4 is 10.6 Å². The van der Waals surface area contributed by atoms with Gasteiger partial charge < -0.3 is 10.6 Å². The molecule has 0 aliphatic heterocycles. The number of hydrogen-bond acceptors (Lipinski definition) is 4. The van der Waals surface area contributed by atoms with E-state index in [1.807, 2.05) is 13.8 Å². The van der Waals surface area contributed by atoms with Crippen LogP contribution in [0.15, 0.2) is 24.3 Å². The van der Waals surface area contributed by atoms with Gasteiger partial charge in [0.15, 0.2) is 0 Å². The third-order valence-electron chi connectivity index (χ3n) is 2.76. The van der Waals surface area contributed by atoms with Crippen molar-refractivity contribution in [3.63, 3.8) is 0 Å². The molecule has 0 spiro atoms. The first-order valence-electron chi connectivity index (χ1n) is 6.30. The topological polar surface area (TPSA) is 84.3 Å². The van der Waals surface area contributed by atoms with Gasteiger partial charge in [-0.15, -0.1) is 0 Å². The molecule has 1 rings (SSSR count). The second-order valence-electron chi connectivity index (χ2n) is 4.36. The Hall–Kier alpha value is -2.11. The maximum Gasteiger partial charge on any atom is 0.271 e. The number of hydrogen-bond donors (Lipinski definition) is 2. The molecule has 6 nitrogen and oxygen atoms in total. The summed E-state index contributed by atoms with van der Waals surface area (Å²) in [4.78, 5) is 21.7. The Balaban J connectivity index is 2.39. The minimum atomic E-state index is -0.444. The van der Waals surface area contributed by atoms with Crippen LogP contribution in [0.2, 0.25) is 0 Å². The molecule has 19 heavy (non-hydrogen) atoms. The number of amides is 1. The van der Waals surface area contributed by atoms with Crippen molar-refractivity contribution in [3.05, 3.63) is 34.4 Å². The fourth-order valence-corrected chi connectivity index (χ4v) is 1.50. The zero-order valence-corrected chi connectivity index (χ0v) is 11.2. The van der Waals surface area contributed by atoms with Crippen molar-refractivity contribution in [1.29, 1.82) is 0 Å². The first-order chi connectivity index (χ1) is 9.02. The number of benzene rings is 1. The van der Waals surface area contributed by atoms with E-state index in [4.69, 9.17) is 0 Å². The highest BCUT2D eigenvalue weighted by atomic mass is 16.6. The Kier molecular flexibility index (Phi) is 5.78. The molecular formula is C13H19N3O3. The van der Waals surface area contributed by atoms with E-state index in [-0.39, 0.29) is 17.6 Å². The molecule has 104 valence electrons. The Morgan fingerprint density at radius 2 is 2.21 bits per heavy atom. The molecule has 1 unspecified atom stereocenters. The normalized spacial score (nSPS) is 11.7. The first kappa shape index (κ1) is 14.9. The molecule has 0 bridgehead atoms. The van der Waals surface area contributed by atoms with Gasteiger partial charge in [-0.3, -0.25) is 14.9 Å². The Labute approximate surface area is 112 Å². The summed E-state index contributed by atoms with van der Waals surface area (Å²) in [5.41, 5.74) is 0.680. The second kappa shape index (κ2) is 7.35. The highest BCUT2D eigenvalue weighted by Gasteiger charge is 2.07. The highest BCUT2D eigenvalue weighted by Crippen LogP contribution is 2.16. The number of non-ortho nitro benzene ring substituents is 1. The van der Waals surface area contributed by atoms with Gasteiger partial charge in [0.05, 0.1) is 4.92 Å².